The Morgan fingerprint density at radius 2 is 1.78 bits per heavy atom. The van der Waals surface area contributed by atoms with Crippen molar-refractivity contribution in [1.29, 1.82) is 0 Å². The lowest BCUT2D eigenvalue weighted by atomic mass is 9.77. The van der Waals surface area contributed by atoms with E-state index < -0.39 is 0 Å². The van der Waals surface area contributed by atoms with Gasteiger partial charge in [0.25, 0.3) is 0 Å². The fourth-order valence-electron chi connectivity index (χ4n) is 4.20. The number of carbonyl (C=O) groups is 1. The molecule has 3 rings (SSSR count). The number of carbonyl (C=O) groups excluding carboxylic acids is 1. The van der Waals surface area contributed by atoms with Gasteiger partial charge in [0.05, 0.1) is 5.92 Å². The first kappa shape index (κ1) is 12.5. The molecule has 2 heterocycles. The summed E-state index contributed by atoms with van der Waals surface area (Å²) in [6.07, 6.45) is 8.17. The molecule has 1 N–H and O–H groups in total. The first-order chi connectivity index (χ1) is 8.70. The predicted octanol–water partition coefficient (Wildman–Crippen LogP) is 2.02. The number of hydrogen-bond acceptors (Lipinski definition) is 2. The Labute approximate surface area is 110 Å². The average molecular weight is 250 g/mol. The first-order valence-corrected chi connectivity index (χ1v) is 7.70. The van der Waals surface area contributed by atoms with Gasteiger partial charge in [0, 0.05) is 19.6 Å². The van der Waals surface area contributed by atoms with Crippen LogP contribution in [0.3, 0.4) is 0 Å². The van der Waals surface area contributed by atoms with Crippen LogP contribution in [0.2, 0.25) is 0 Å². The van der Waals surface area contributed by atoms with E-state index >= 15 is 0 Å². The summed E-state index contributed by atoms with van der Waals surface area (Å²) in [5.74, 6) is 1.17. The number of nitrogens with zero attached hydrogens (tertiary/aromatic N) is 1. The van der Waals surface area contributed by atoms with Gasteiger partial charge in [0.15, 0.2) is 0 Å². The van der Waals surface area contributed by atoms with E-state index in [1.807, 2.05) is 0 Å². The Morgan fingerprint density at radius 1 is 1.11 bits per heavy atom. The number of hydrogen-bond donors (Lipinski definition) is 1. The molecule has 0 radical (unpaired) electrons. The van der Waals surface area contributed by atoms with Gasteiger partial charge in [-0.3, -0.25) is 4.79 Å². The SMILES string of the molecule is CC1CNCC1C(=O)N1CCC2(CCCC2)CC1. The van der Waals surface area contributed by atoms with Crippen molar-refractivity contribution in [3.8, 4) is 0 Å². The highest BCUT2D eigenvalue weighted by atomic mass is 16.2. The topological polar surface area (TPSA) is 32.3 Å². The number of likely N-dealkylation sites (tertiary alicyclic amines) is 1. The van der Waals surface area contributed by atoms with Crippen LogP contribution in [0.1, 0.15) is 45.4 Å². The predicted molar refractivity (Wildman–Crippen MR) is 72.2 cm³/mol. The van der Waals surface area contributed by atoms with E-state index in [1.54, 1.807) is 0 Å². The molecule has 3 nitrogen and oxygen atoms in total. The van der Waals surface area contributed by atoms with Crippen LogP contribution >= 0.6 is 0 Å². The third-order valence-electron chi connectivity index (χ3n) is 5.63. The second-order valence-electron chi connectivity index (χ2n) is 6.77. The van der Waals surface area contributed by atoms with Crippen molar-refractivity contribution in [2.75, 3.05) is 26.2 Å². The Kier molecular flexibility index (Phi) is 3.35. The summed E-state index contributed by atoms with van der Waals surface area (Å²) in [6.45, 7) is 6.13. The van der Waals surface area contributed by atoms with E-state index in [2.05, 4.69) is 17.1 Å². The molecule has 0 aromatic carbocycles. The van der Waals surface area contributed by atoms with Crippen molar-refractivity contribution in [2.45, 2.75) is 45.4 Å². The lowest BCUT2D eigenvalue weighted by Crippen LogP contribution is -2.46. The molecule has 1 amide bonds. The molecule has 0 aromatic heterocycles. The molecule has 0 bridgehead atoms. The van der Waals surface area contributed by atoms with Gasteiger partial charge < -0.3 is 10.2 Å². The maximum absolute atomic E-state index is 12.5. The minimum Gasteiger partial charge on any atom is -0.342 e. The zero-order valence-electron chi connectivity index (χ0n) is 11.6. The van der Waals surface area contributed by atoms with E-state index in [0.29, 0.717) is 17.2 Å². The molecular weight excluding hydrogens is 224 g/mol. The van der Waals surface area contributed by atoms with Gasteiger partial charge in [-0.05, 0) is 43.6 Å². The summed E-state index contributed by atoms with van der Waals surface area (Å²) in [5.41, 5.74) is 0.621. The van der Waals surface area contributed by atoms with Crippen molar-refractivity contribution >= 4 is 5.91 Å². The number of amides is 1. The molecule has 3 fully saturated rings. The molecule has 2 unspecified atom stereocenters. The minimum absolute atomic E-state index is 0.239. The van der Waals surface area contributed by atoms with E-state index in [9.17, 15) is 4.79 Å². The normalized spacial score (nSPS) is 35.3. The molecule has 0 aromatic rings. The summed E-state index contributed by atoms with van der Waals surface area (Å²) < 4.78 is 0. The van der Waals surface area contributed by atoms with Crippen molar-refractivity contribution in [3.63, 3.8) is 0 Å². The first-order valence-electron chi connectivity index (χ1n) is 7.70. The van der Waals surface area contributed by atoms with Crippen LogP contribution in [0.15, 0.2) is 0 Å². The summed E-state index contributed by atoms with van der Waals surface area (Å²) in [6, 6.07) is 0. The van der Waals surface area contributed by atoms with Crippen LogP contribution < -0.4 is 5.32 Å². The van der Waals surface area contributed by atoms with Crippen LogP contribution in [0.25, 0.3) is 0 Å². The summed E-state index contributed by atoms with van der Waals surface area (Å²) >= 11 is 0. The Hall–Kier alpha value is -0.570. The lowest BCUT2D eigenvalue weighted by molar-refractivity contribution is -0.138. The highest BCUT2D eigenvalue weighted by molar-refractivity contribution is 5.79. The highest BCUT2D eigenvalue weighted by Gasteiger charge is 2.40. The molecule has 2 saturated heterocycles. The average Bonchev–Trinajstić information content (AvgIpc) is 2.99. The van der Waals surface area contributed by atoms with Gasteiger partial charge in [0.1, 0.15) is 0 Å². The van der Waals surface area contributed by atoms with Crippen LogP contribution in [0.5, 0.6) is 0 Å². The van der Waals surface area contributed by atoms with Gasteiger partial charge in [0.2, 0.25) is 5.91 Å². The van der Waals surface area contributed by atoms with Crippen LogP contribution in [0, 0.1) is 17.3 Å². The molecule has 2 atom stereocenters. The van der Waals surface area contributed by atoms with Crippen molar-refractivity contribution in [2.24, 2.45) is 17.3 Å². The minimum atomic E-state index is 0.239. The fraction of sp³-hybridized carbons (Fsp3) is 0.933. The van der Waals surface area contributed by atoms with Crippen molar-refractivity contribution in [1.82, 2.24) is 10.2 Å². The summed E-state index contributed by atoms with van der Waals surface area (Å²) in [7, 11) is 0. The lowest BCUT2D eigenvalue weighted by Gasteiger charge is -2.40. The molecule has 1 saturated carbocycles. The summed E-state index contributed by atoms with van der Waals surface area (Å²) in [5, 5.41) is 3.34. The van der Waals surface area contributed by atoms with Crippen LogP contribution in [-0.2, 0) is 4.79 Å². The zero-order chi connectivity index (χ0) is 12.6. The number of piperidine rings is 1. The van der Waals surface area contributed by atoms with Gasteiger partial charge >= 0.3 is 0 Å². The maximum Gasteiger partial charge on any atom is 0.227 e. The summed E-state index contributed by atoms with van der Waals surface area (Å²) in [4.78, 5) is 14.7. The molecule has 2 aliphatic heterocycles. The second-order valence-corrected chi connectivity index (χ2v) is 6.77. The molecule has 102 valence electrons. The van der Waals surface area contributed by atoms with Crippen LogP contribution in [-0.4, -0.2) is 37.0 Å². The van der Waals surface area contributed by atoms with Crippen molar-refractivity contribution in [3.05, 3.63) is 0 Å². The van der Waals surface area contributed by atoms with Gasteiger partial charge in [-0.1, -0.05) is 19.8 Å². The Morgan fingerprint density at radius 3 is 2.33 bits per heavy atom. The third kappa shape index (κ3) is 2.18. The van der Waals surface area contributed by atoms with Gasteiger partial charge in [-0.25, -0.2) is 0 Å². The van der Waals surface area contributed by atoms with E-state index in [4.69, 9.17) is 0 Å². The fourth-order valence-corrected chi connectivity index (χ4v) is 4.20. The molecule has 1 spiro atoms. The van der Waals surface area contributed by atoms with Crippen molar-refractivity contribution < 1.29 is 4.79 Å². The smallest absolute Gasteiger partial charge is 0.227 e. The maximum atomic E-state index is 12.5. The van der Waals surface area contributed by atoms with E-state index in [-0.39, 0.29) is 5.92 Å². The van der Waals surface area contributed by atoms with E-state index in [1.165, 1.54) is 38.5 Å². The number of nitrogens with one attached hydrogen (secondary N) is 1. The zero-order valence-corrected chi connectivity index (χ0v) is 11.6. The van der Waals surface area contributed by atoms with Gasteiger partial charge in [-0.15, -0.1) is 0 Å². The molecule has 18 heavy (non-hydrogen) atoms. The largest absolute Gasteiger partial charge is 0.342 e. The molecular formula is C15H26N2O. The quantitative estimate of drug-likeness (QED) is 0.772. The Bertz CT molecular complexity index is 312. The van der Waals surface area contributed by atoms with Crippen LogP contribution in [0.4, 0.5) is 0 Å². The molecule has 1 aliphatic carbocycles. The molecule has 3 aliphatic rings. The standard InChI is InChI=1S/C15H26N2O/c1-12-10-16-11-13(12)14(18)17-8-6-15(7-9-17)4-2-3-5-15/h12-13,16H,2-11H2,1H3. The Balaban J connectivity index is 1.57. The second kappa shape index (κ2) is 4.84. The number of rotatable bonds is 1. The highest BCUT2D eigenvalue weighted by Crippen LogP contribution is 2.46. The van der Waals surface area contributed by atoms with E-state index in [0.717, 1.165) is 26.2 Å². The third-order valence-corrected chi connectivity index (χ3v) is 5.63. The van der Waals surface area contributed by atoms with Gasteiger partial charge in [-0.2, -0.15) is 0 Å². The molecule has 3 heteroatoms. The monoisotopic (exact) mass is 250 g/mol.